The van der Waals surface area contributed by atoms with Crippen molar-refractivity contribution in [3.05, 3.63) is 11.9 Å². The van der Waals surface area contributed by atoms with Crippen LogP contribution in [0, 0.1) is 0 Å². The molecule has 0 saturated heterocycles. The van der Waals surface area contributed by atoms with Crippen LogP contribution in [0.15, 0.2) is 11.9 Å². The molecule has 0 aromatic heterocycles. The van der Waals surface area contributed by atoms with Crippen molar-refractivity contribution in [3.63, 3.8) is 0 Å². The monoisotopic (exact) mass is 196 g/mol. The number of alkyl halides is 6. The van der Waals surface area contributed by atoms with Crippen LogP contribution in [0.25, 0.3) is 0 Å². The normalized spacial score (nSPS) is 15.1. The molecule has 0 aliphatic carbocycles. The molecule has 0 saturated carbocycles. The van der Waals surface area contributed by atoms with Gasteiger partial charge in [0.05, 0.1) is 6.08 Å². The van der Waals surface area contributed by atoms with E-state index in [9.17, 15) is 30.7 Å². The van der Waals surface area contributed by atoms with Crippen LogP contribution >= 0.6 is 0 Å². The van der Waals surface area contributed by atoms with E-state index in [0.717, 1.165) is 0 Å². The van der Waals surface area contributed by atoms with Crippen LogP contribution in [-0.4, -0.2) is 18.8 Å². The summed E-state index contributed by atoms with van der Waals surface area (Å²) in [5.41, 5.74) is 0. The van der Waals surface area contributed by atoms with Crippen LogP contribution in [0.3, 0.4) is 0 Å². The molecule has 12 heavy (non-hydrogen) atoms. The van der Waals surface area contributed by atoms with Gasteiger partial charge in [-0.25, -0.2) is 8.78 Å². The van der Waals surface area contributed by atoms with Gasteiger partial charge in [-0.2, -0.15) is 22.0 Å². The van der Waals surface area contributed by atoms with Gasteiger partial charge < -0.3 is 0 Å². The molecular weight excluding hydrogens is 193 g/mol. The average molecular weight is 196 g/mol. The Hall–Kier alpha value is -0.750. The summed E-state index contributed by atoms with van der Waals surface area (Å²) >= 11 is 0. The molecule has 0 aromatic carbocycles. The van der Waals surface area contributed by atoms with Crippen LogP contribution in [0.4, 0.5) is 30.7 Å². The smallest absolute Gasteiger partial charge is 0.244 e. The highest BCUT2D eigenvalue weighted by molar-refractivity contribution is 5.07. The summed E-state index contributed by atoms with van der Waals surface area (Å²) in [4.78, 5) is 0. The van der Waals surface area contributed by atoms with E-state index in [4.69, 9.17) is 0 Å². The summed E-state index contributed by atoms with van der Waals surface area (Å²) in [6.45, 7) is -2.49. The van der Waals surface area contributed by atoms with E-state index in [0.29, 0.717) is 0 Å². The van der Waals surface area contributed by atoms with Crippen molar-refractivity contribution in [1.29, 1.82) is 0 Å². The number of allylic oxidation sites excluding steroid dienone is 2. The number of halogens is 7. The summed E-state index contributed by atoms with van der Waals surface area (Å²) < 4.78 is 80.1. The number of hydrogen-bond acceptors (Lipinski definition) is 0. The fourth-order valence-electron chi connectivity index (χ4n) is 0.313. The lowest BCUT2D eigenvalue weighted by Crippen LogP contribution is -2.21. The van der Waals surface area contributed by atoms with Crippen LogP contribution in [0.2, 0.25) is 0 Å². The van der Waals surface area contributed by atoms with E-state index in [2.05, 4.69) is 0 Å². The number of hydrogen-bond donors (Lipinski definition) is 0. The third-order valence-corrected chi connectivity index (χ3v) is 0.808. The highest BCUT2D eigenvalue weighted by Crippen LogP contribution is 2.29. The van der Waals surface area contributed by atoms with Crippen molar-refractivity contribution in [2.75, 3.05) is 6.67 Å². The quantitative estimate of drug-likeness (QED) is 0.595. The van der Waals surface area contributed by atoms with Gasteiger partial charge in [0.1, 0.15) is 0 Å². The lowest BCUT2D eigenvalue weighted by molar-refractivity contribution is -0.0872. The maximum Gasteiger partial charge on any atom is 0.412 e. The minimum atomic E-state index is -5.21. The zero-order valence-corrected chi connectivity index (χ0v) is 5.43. The summed E-state index contributed by atoms with van der Waals surface area (Å²) in [6.07, 6.45) is -6.48. The van der Waals surface area contributed by atoms with Crippen molar-refractivity contribution in [3.8, 4) is 0 Å². The molecule has 0 aliphatic heterocycles. The largest absolute Gasteiger partial charge is 0.412 e. The van der Waals surface area contributed by atoms with Crippen LogP contribution in [0.5, 0.6) is 0 Å². The first-order valence-corrected chi connectivity index (χ1v) is 2.58. The molecule has 0 amide bonds. The molecule has 0 unspecified atom stereocenters. The van der Waals surface area contributed by atoms with Gasteiger partial charge in [-0.3, -0.25) is 0 Å². The van der Waals surface area contributed by atoms with E-state index >= 15 is 0 Å². The molecule has 0 spiro atoms. The third kappa shape index (κ3) is 3.59. The Morgan fingerprint density at radius 3 is 1.75 bits per heavy atom. The van der Waals surface area contributed by atoms with Gasteiger partial charge >= 0.3 is 12.1 Å². The Kier molecular flexibility index (Phi) is 3.11. The molecule has 0 heterocycles. The molecule has 0 bridgehead atoms. The summed E-state index contributed by atoms with van der Waals surface area (Å²) in [5.74, 6) is -7.51. The Labute approximate surface area is 62.7 Å². The molecule has 0 aliphatic rings. The summed E-state index contributed by atoms with van der Waals surface area (Å²) in [5, 5.41) is 0. The summed E-state index contributed by atoms with van der Waals surface area (Å²) in [7, 11) is 0. The molecule has 0 fully saturated rings. The van der Waals surface area contributed by atoms with Gasteiger partial charge in [-0.1, -0.05) is 0 Å². The number of rotatable bonds is 2. The van der Waals surface area contributed by atoms with Crippen molar-refractivity contribution >= 4 is 0 Å². The third-order valence-electron chi connectivity index (χ3n) is 0.808. The van der Waals surface area contributed by atoms with Crippen molar-refractivity contribution in [2.24, 2.45) is 0 Å². The van der Waals surface area contributed by atoms with Gasteiger partial charge in [0.25, 0.3) is 0 Å². The van der Waals surface area contributed by atoms with Gasteiger partial charge in [-0.15, -0.1) is 0 Å². The van der Waals surface area contributed by atoms with Gasteiger partial charge in [0, 0.05) is 0 Å². The maximum absolute atomic E-state index is 11.8. The van der Waals surface area contributed by atoms with E-state index in [1.165, 1.54) is 0 Å². The molecule has 0 aromatic rings. The van der Waals surface area contributed by atoms with Crippen molar-refractivity contribution in [1.82, 2.24) is 0 Å². The first-order chi connectivity index (χ1) is 5.19. The Balaban J connectivity index is 4.59. The minimum Gasteiger partial charge on any atom is -0.244 e. The zero-order valence-electron chi connectivity index (χ0n) is 5.43. The topological polar surface area (TPSA) is 0 Å². The first kappa shape index (κ1) is 11.2. The standard InChI is InChI=1S/C5H3F7/c6-2-4(8,9)3(7)1-5(10,11)12/h1H,2H2. The van der Waals surface area contributed by atoms with Gasteiger partial charge in [0.15, 0.2) is 12.5 Å². The fraction of sp³-hybridized carbons (Fsp3) is 0.600. The second-order valence-corrected chi connectivity index (χ2v) is 1.87. The van der Waals surface area contributed by atoms with E-state index in [1.807, 2.05) is 0 Å². The highest BCUT2D eigenvalue weighted by Gasteiger charge is 2.39. The first-order valence-electron chi connectivity index (χ1n) is 2.58. The van der Waals surface area contributed by atoms with Crippen molar-refractivity contribution in [2.45, 2.75) is 12.1 Å². The van der Waals surface area contributed by atoms with E-state index in [1.54, 1.807) is 0 Å². The van der Waals surface area contributed by atoms with Gasteiger partial charge in [-0.05, 0) is 0 Å². The molecule has 0 N–H and O–H groups in total. The fourth-order valence-corrected chi connectivity index (χ4v) is 0.313. The lowest BCUT2D eigenvalue weighted by Gasteiger charge is -2.09. The van der Waals surface area contributed by atoms with Crippen LogP contribution < -0.4 is 0 Å². The predicted octanol–water partition coefficient (Wildman–Crippen LogP) is 3.01. The predicted molar refractivity (Wildman–Crippen MR) is 26.2 cm³/mol. The SMILES string of the molecule is FCC(F)(F)C(F)=CC(F)(F)F. The molecule has 0 nitrogen and oxygen atoms in total. The lowest BCUT2D eigenvalue weighted by atomic mass is 10.3. The Bertz CT molecular complexity index is 177. The average Bonchev–Trinajstić information content (AvgIpc) is 1.84. The molecule has 0 rings (SSSR count). The van der Waals surface area contributed by atoms with Crippen molar-refractivity contribution < 1.29 is 30.7 Å². The maximum atomic E-state index is 11.8. The van der Waals surface area contributed by atoms with Crippen LogP contribution in [0.1, 0.15) is 0 Å². The molecule has 72 valence electrons. The second kappa shape index (κ2) is 3.32. The van der Waals surface area contributed by atoms with E-state index < -0.39 is 30.7 Å². The molecular formula is C5H3F7. The van der Waals surface area contributed by atoms with Crippen LogP contribution in [-0.2, 0) is 0 Å². The minimum absolute atomic E-state index is 1.27. The highest BCUT2D eigenvalue weighted by atomic mass is 19.4. The second-order valence-electron chi connectivity index (χ2n) is 1.87. The zero-order chi connectivity index (χ0) is 9.99. The Morgan fingerprint density at radius 2 is 1.50 bits per heavy atom. The van der Waals surface area contributed by atoms with E-state index in [-0.39, 0.29) is 0 Å². The summed E-state index contributed by atoms with van der Waals surface area (Å²) in [6, 6.07) is 0. The molecule has 0 radical (unpaired) electrons. The molecule has 0 atom stereocenters. The molecule has 7 heteroatoms. The van der Waals surface area contributed by atoms with Gasteiger partial charge in [0.2, 0.25) is 0 Å². The Morgan fingerprint density at radius 1 is 1.08 bits per heavy atom.